The van der Waals surface area contributed by atoms with Crippen molar-refractivity contribution in [2.45, 2.75) is 19.4 Å². The van der Waals surface area contributed by atoms with Gasteiger partial charge in [-0.15, -0.1) is 0 Å². The molecular weight excluding hydrogens is 461 g/mol. The molecule has 0 unspecified atom stereocenters. The number of amides is 1. The minimum atomic E-state index is -0.274. The molecule has 0 spiro atoms. The molecule has 2 nitrogen and oxygen atoms in total. The van der Waals surface area contributed by atoms with E-state index in [4.69, 9.17) is 0 Å². The maximum absolute atomic E-state index is 12.2. The molecule has 1 amide bonds. The predicted octanol–water partition coefficient (Wildman–Crippen LogP) is 3.88. The summed E-state index contributed by atoms with van der Waals surface area (Å²) in [7, 11) is 0. The van der Waals surface area contributed by atoms with E-state index in [0.29, 0.717) is 10.7 Å². The van der Waals surface area contributed by atoms with Gasteiger partial charge in [0.05, 0.1) is 11.1 Å². The average Bonchev–Trinajstić information content (AvgIpc) is 2.32. The average molecular weight is 475 g/mol. The Hall–Kier alpha value is 0.380. The van der Waals surface area contributed by atoms with E-state index in [0.717, 1.165) is 14.7 Å². The molecule has 0 aromatic heterocycles. The van der Waals surface area contributed by atoms with Gasteiger partial charge >= 0.3 is 0 Å². The second kappa shape index (κ2) is 6.52. The van der Waals surface area contributed by atoms with E-state index < -0.39 is 0 Å². The summed E-state index contributed by atoms with van der Waals surface area (Å²) in [6.45, 7) is 4.00. The monoisotopic (exact) mass is 473 g/mol. The summed E-state index contributed by atoms with van der Waals surface area (Å²) in [5, 5.41) is 4.46. The highest BCUT2D eigenvalue weighted by Crippen LogP contribution is 2.18. The lowest BCUT2D eigenvalue weighted by Crippen LogP contribution is -2.49. The molecule has 0 aliphatic heterocycles. The maximum atomic E-state index is 12.2. The van der Waals surface area contributed by atoms with Crippen molar-refractivity contribution in [3.63, 3.8) is 0 Å². The second-order valence-corrected chi connectivity index (χ2v) is 6.42. The molecule has 94 valence electrons. The standard InChI is InChI=1S/C12H14Br2INO/c1-8-4-3-5-9(10(8)15)11(17)16-12(2,6-13)7-14/h3-5H,6-7H2,1-2H3,(H,16,17). The van der Waals surface area contributed by atoms with E-state index in [1.165, 1.54) is 0 Å². The van der Waals surface area contributed by atoms with E-state index in [-0.39, 0.29) is 11.4 Å². The van der Waals surface area contributed by atoms with Crippen molar-refractivity contribution >= 4 is 60.4 Å². The van der Waals surface area contributed by atoms with Gasteiger partial charge in [-0.3, -0.25) is 4.79 Å². The van der Waals surface area contributed by atoms with Crippen LogP contribution in [0.25, 0.3) is 0 Å². The van der Waals surface area contributed by atoms with Gasteiger partial charge in [-0.05, 0) is 48.1 Å². The van der Waals surface area contributed by atoms with Gasteiger partial charge < -0.3 is 5.32 Å². The molecule has 0 saturated carbocycles. The molecule has 1 aromatic rings. The Kier molecular flexibility index (Phi) is 5.92. The molecule has 0 radical (unpaired) electrons. The van der Waals surface area contributed by atoms with E-state index >= 15 is 0 Å². The fourth-order valence-corrected chi connectivity index (χ4v) is 3.08. The zero-order valence-corrected chi connectivity index (χ0v) is 15.0. The first-order valence-electron chi connectivity index (χ1n) is 5.13. The Morgan fingerprint density at radius 1 is 1.41 bits per heavy atom. The summed E-state index contributed by atoms with van der Waals surface area (Å²) in [6.07, 6.45) is 0. The first-order valence-corrected chi connectivity index (χ1v) is 8.45. The van der Waals surface area contributed by atoms with Gasteiger partial charge in [-0.1, -0.05) is 44.0 Å². The maximum Gasteiger partial charge on any atom is 0.252 e. The number of carbonyl (C=O) groups excluding carboxylic acids is 1. The summed E-state index contributed by atoms with van der Waals surface area (Å²) >= 11 is 9.05. The number of hydrogen-bond donors (Lipinski definition) is 1. The van der Waals surface area contributed by atoms with E-state index in [1.807, 2.05) is 32.0 Å². The lowest BCUT2D eigenvalue weighted by Gasteiger charge is -2.26. The van der Waals surface area contributed by atoms with E-state index in [9.17, 15) is 4.79 Å². The fourth-order valence-electron chi connectivity index (χ4n) is 1.27. The number of nitrogens with one attached hydrogen (secondary N) is 1. The van der Waals surface area contributed by atoms with Crippen LogP contribution >= 0.6 is 54.5 Å². The highest BCUT2D eigenvalue weighted by atomic mass is 127. The number of alkyl halides is 2. The van der Waals surface area contributed by atoms with Gasteiger partial charge in [-0.25, -0.2) is 0 Å². The molecule has 1 N–H and O–H groups in total. The number of carbonyl (C=O) groups is 1. The van der Waals surface area contributed by atoms with Crippen molar-refractivity contribution in [1.29, 1.82) is 0 Å². The zero-order valence-electron chi connectivity index (χ0n) is 9.69. The topological polar surface area (TPSA) is 29.1 Å². The Morgan fingerprint density at radius 2 is 2.00 bits per heavy atom. The van der Waals surface area contributed by atoms with Gasteiger partial charge in [0.2, 0.25) is 0 Å². The third kappa shape index (κ3) is 3.92. The lowest BCUT2D eigenvalue weighted by atomic mass is 10.1. The Morgan fingerprint density at radius 3 is 2.53 bits per heavy atom. The fraction of sp³-hybridized carbons (Fsp3) is 0.417. The molecule has 0 saturated heterocycles. The number of benzene rings is 1. The highest BCUT2D eigenvalue weighted by Gasteiger charge is 2.25. The van der Waals surface area contributed by atoms with Crippen LogP contribution in [0.2, 0.25) is 0 Å². The SMILES string of the molecule is Cc1cccc(C(=O)NC(C)(CBr)CBr)c1I. The van der Waals surface area contributed by atoms with Crippen LogP contribution in [-0.2, 0) is 0 Å². The van der Waals surface area contributed by atoms with Crippen molar-refractivity contribution in [3.8, 4) is 0 Å². The first kappa shape index (κ1) is 15.4. The highest BCUT2D eigenvalue weighted by molar-refractivity contribution is 14.1. The summed E-state index contributed by atoms with van der Waals surface area (Å²) in [5.41, 5.74) is 1.58. The van der Waals surface area contributed by atoms with Crippen LogP contribution < -0.4 is 5.32 Å². The van der Waals surface area contributed by atoms with Gasteiger partial charge in [-0.2, -0.15) is 0 Å². The zero-order chi connectivity index (χ0) is 13.1. The summed E-state index contributed by atoms with van der Waals surface area (Å²) in [6, 6.07) is 5.77. The number of hydrogen-bond acceptors (Lipinski definition) is 1. The van der Waals surface area contributed by atoms with E-state index in [1.54, 1.807) is 0 Å². The van der Waals surface area contributed by atoms with Crippen molar-refractivity contribution < 1.29 is 4.79 Å². The quantitative estimate of drug-likeness (QED) is 0.521. The molecule has 0 aliphatic carbocycles. The molecule has 0 atom stereocenters. The molecule has 0 heterocycles. The van der Waals surface area contributed by atoms with Crippen LogP contribution in [0.3, 0.4) is 0 Å². The van der Waals surface area contributed by atoms with Gasteiger partial charge in [0.1, 0.15) is 0 Å². The van der Waals surface area contributed by atoms with Crippen LogP contribution in [0, 0.1) is 10.5 Å². The largest absolute Gasteiger partial charge is 0.345 e. The predicted molar refractivity (Wildman–Crippen MR) is 87.4 cm³/mol. The number of rotatable bonds is 4. The third-order valence-corrected chi connectivity index (χ3v) is 6.35. The number of aryl methyl sites for hydroxylation is 1. The van der Waals surface area contributed by atoms with Gasteiger partial charge in [0.25, 0.3) is 5.91 Å². The molecule has 1 rings (SSSR count). The van der Waals surface area contributed by atoms with Crippen molar-refractivity contribution in [3.05, 3.63) is 32.9 Å². The lowest BCUT2D eigenvalue weighted by molar-refractivity contribution is 0.0922. The molecule has 0 aliphatic rings. The Bertz CT molecular complexity index is 419. The van der Waals surface area contributed by atoms with Crippen LogP contribution in [0.4, 0.5) is 0 Å². The summed E-state index contributed by atoms with van der Waals surface area (Å²) in [4.78, 5) is 12.2. The normalized spacial score (nSPS) is 11.4. The Balaban J connectivity index is 2.94. The number of halogens is 3. The van der Waals surface area contributed by atoms with Crippen LogP contribution in [0.1, 0.15) is 22.8 Å². The molecular formula is C12H14Br2INO. The van der Waals surface area contributed by atoms with Crippen molar-refractivity contribution in [2.75, 3.05) is 10.7 Å². The molecule has 5 heteroatoms. The molecule has 0 bridgehead atoms. The van der Waals surface area contributed by atoms with Crippen LogP contribution in [-0.4, -0.2) is 22.1 Å². The van der Waals surface area contributed by atoms with Crippen LogP contribution in [0.5, 0.6) is 0 Å². The van der Waals surface area contributed by atoms with Crippen LogP contribution in [0.15, 0.2) is 18.2 Å². The second-order valence-electron chi connectivity index (χ2n) is 4.22. The summed E-state index contributed by atoms with van der Waals surface area (Å²) < 4.78 is 1.01. The minimum absolute atomic E-state index is 0.0282. The van der Waals surface area contributed by atoms with E-state index in [2.05, 4.69) is 59.8 Å². The molecule has 0 fully saturated rings. The molecule has 1 aromatic carbocycles. The van der Waals surface area contributed by atoms with Crippen molar-refractivity contribution in [2.24, 2.45) is 0 Å². The third-order valence-electron chi connectivity index (χ3n) is 2.44. The minimum Gasteiger partial charge on any atom is -0.345 e. The van der Waals surface area contributed by atoms with Crippen molar-refractivity contribution in [1.82, 2.24) is 5.32 Å². The Labute approximate surface area is 132 Å². The molecule has 17 heavy (non-hydrogen) atoms. The van der Waals surface area contributed by atoms with Gasteiger partial charge in [0.15, 0.2) is 0 Å². The summed E-state index contributed by atoms with van der Waals surface area (Å²) in [5.74, 6) is -0.0282. The first-order chi connectivity index (χ1) is 7.93. The smallest absolute Gasteiger partial charge is 0.252 e. The van der Waals surface area contributed by atoms with Gasteiger partial charge in [0, 0.05) is 14.2 Å².